The Morgan fingerprint density at radius 3 is 2.25 bits per heavy atom. The van der Waals surface area contributed by atoms with E-state index in [4.69, 9.17) is 5.11 Å². The van der Waals surface area contributed by atoms with E-state index in [1.807, 2.05) is 0 Å². The summed E-state index contributed by atoms with van der Waals surface area (Å²) in [5.74, 6) is -0.280. The number of likely N-dealkylation sites (tertiary alicyclic amines) is 1. The summed E-state index contributed by atoms with van der Waals surface area (Å²) in [7, 11) is 0. The van der Waals surface area contributed by atoms with Crippen LogP contribution in [0.25, 0.3) is 0 Å². The number of carbonyl (C=O) groups is 2. The molecule has 1 atom stereocenters. The van der Waals surface area contributed by atoms with Crippen LogP contribution in [0.4, 0.5) is 0 Å². The lowest BCUT2D eigenvalue weighted by Gasteiger charge is -2.37. The van der Waals surface area contributed by atoms with Crippen molar-refractivity contribution in [3.05, 3.63) is 0 Å². The van der Waals surface area contributed by atoms with Gasteiger partial charge in [-0.1, -0.05) is 20.8 Å². The molecule has 0 bridgehead atoms. The Kier molecular flexibility index (Phi) is 3.57. The second-order valence-corrected chi connectivity index (χ2v) is 5.34. The minimum Gasteiger partial charge on any atom is -0.389 e. The largest absolute Gasteiger partial charge is 0.389 e. The van der Waals surface area contributed by atoms with Gasteiger partial charge in [-0.2, -0.15) is 0 Å². The lowest BCUT2D eigenvalue weighted by Crippen LogP contribution is -2.59. The van der Waals surface area contributed by atoms with Gasteiger partial charge in [0.15, 0.2) is 0 Å². The normalized spacial score (nSPS) is 18.9. The van der Waals surface area contributed by atoms with Crippen molar-refractivity contribution in [1.82, 2.24) is 10.2 Å². The van der Waals surface area contributed by atoms with Gasteiger partial charge in [0.25, 0.3) is 0 Å². The second kappa shape index (κ2) is 4.41. The summed E-state index contributed by atoms with van der Waals surface area (Å²) in [6.45, 7) is 7.80. The maximum Gasteiger partial charge on any atom is 0.245 e. The van der Waals surface area contributed by atoms with E-state index in [1.54, 1.807) is 27.7 Å². The molecule has 5 heteroatoms. The van der Waals surface area contributed by atoms with E-state index >= 15 is 0 Å². The molecule has 0 aliphatic carbocycles. The topological polar surface area (TPSA) is 69.6 Å². The van der Waals surface area contributed by atoms with E-state index in [-0.39, 0.29) is 11.8 Å². The highest BCUT2D eigenvalue weighted by atomic mass is 16.3. The Balaban J connectivity index is 2.43. The SMILES string of the molecule is CC(NC(=O)C(C)(C)C)C(=O)N1CC(O)C1. The number of carbonyl (C=O) groups excluding carboxylic acids is 2. The predicted octanol–water partition coefficient (Wildman–Crippen LogP) is -0.260. The molecule has 1 heterocycles. The Hall–Kier alpha value is -1.10. The zero-order valence-electron chi connectivity index (χ0n) is 10.3. The molecule has 1 saturated heterocycles. The quantitative estimate of drug-likeness (QED) is 0.684. The van der Waals surface area contributed by atoms with Crippen LogP contribution < -0.4 is 5.32 Å². The van der Waals surface area contributed by atoms with E-state index in [9.17, 15) is 9.59 Å². The molecule has 1 aliphatic heterocycles. The van der Waals surface area contributed by atoms with Gasteiger partial charge in [0.1, 0.15) is 6.04 Å². The molecule has 0 aromatic rings. The van der Waals surface area contributed by atoms with Crippen molar-refractivity contribution in [3.63, 3.8) is 0 Å². The number of hydrogen-bond acceptors (Lipinski definition) is 3. The van der Waals surface area contributed by atoms with Crippen LogP contribution in [0, 0.1) is 5.41 Å². The van der Waals surface area contributed by atoms with E-state index < -0.39 is 17.6 Å². The van der Waals surface area contributed by atoms with Gasteiger partial charge in [0.2, 0.25) is 11.8 Å². The summed E-state index contributed by atoms with van der Waals surface area (Å²) < 4.78 is 0. The van der Waals surface area contributed by atoms with Crippen molar-refractivity contribution in [2.45, 2.75) is 39.8 Å². The van der Waals surface area contributed by atoms with Crippen LogP contribution in [0.1, 0.15) is 27.7 Å². The number of aliphatic hydroxyl groups is 1. The summed E-state index contributed by atoms with van der Waals surface area (Å²) in [5, 5.41) is 11.8. The lowest BCUT2D eigenvalue weighted by atomic mass is 9.95. The van der Waals surface area contributed by atoms with Gasteiger partial charge in [-0.15, -0.1) is 0 Å². The molecule has 1 aliphatic rings. The molecule has 0 saturated carbocycles. The van der Waals surface area contributed by atoms with E-state index in [2.05, 4.69) is 5.32 Å². The van der Waals surface area contributed by atoms with Gasteiger partial charge in [-0.05, 0) is 6.92 Å². The van der Waals surface area contributed by atoms with Gasteiger partial charge in [0, 0.05) is 18.5 Å². The fourth-order valence-electron chi connectivity index (χ4n) is 1.38. The Morgan fingerprint density at radius 2 is 1.88 bits per heavy atom. The average Bonchev–Trinajstić information content (AvgIpc) is 2.10. The molecule has 0 spiro atoms. The summed E-state index contributed by atoms with van der Waals surface area (Å²) in [6.07, 6.45) is -0.408. The number of nitrogens with zero attached hydrogens (tertiary/aromatic N) is 1. The Morgan fingerprint density at radius 1 is 1.38 bits per heavy atom. The minimum atomic E-state index is -0.528. The monoisotopic (exact) mass is 228 g/mol. The van der Waals surface area contributed by atoms with Crippen LogP contribution in [0.2, 0.25) is 0 Å². The van der Waals surface area contributed by atoms with Crippen LogP contribution in [0.15, 0.2) is 0 Å². The van der Waals surface area contributed by atoms with Crippen LogP contribution >= 0.6 is 0 Å². The highest BCUT2D eigenvalue weighted by molar-refractivity contribution is 5.89. The molecule has 0 aromatic carbocycles. The molecule has 2 N–H and O–H groups in total. The zero-order valence-corrected chi connectivity index (χ0v) is 10.3. The number of aliphatic hydroxyl groups excluding tert-OH is 1. The molecule has 5 nitrogen and oxygen atoms in total. The molecule has 1 fully saturated rings. The van der Waals surface area contributed by atoms with Crippen LogP contribution in [0.3, 0.4) is 0 Å². The molecule has 16 heavy (non-hydrogen) atoms. The smallest absolute Gasteiger partial charge is 0.245 e. The minimum absolute atomic E-state index is 0.136. The molecule has 92 valence electrons. The van der Waals surface area contributed by atoms with Crippen molar-refractivity contribution < 1.29 is 14.7 Å². The number of hydrogen-bond donors (Lipinski definition) is 2. The van der Waals surface area contributed by atoms with Crippen LogP contribution in [0.5, 0.6) is 0 Å². The number of β-amino-alcohol motifs (C(OH)–C–C–N with tert-alkyl or cyclic N) is 1. The summed E-state index contributed by atoms with van der Waals surface area (Å²) >= 11 is 0. The van der Waals surface area contributed by atoms with Crippen molar-refractivity contribution in [1.29, 1.82) is 0 Å². The van der Waals surface area contributed by atoms with Gasteiger partial charge in [0.05, 0.1) is 6.10 Å². The molecular weight excluding hydrogens is 208 g/mol. The third-order valence-electron chi connectivity index (χ3n) is 2.57. The highest BCUT2D eigenvalue weighted by Gasteiger charge is 2.33. The second-order valence-electron chi connectivity index (χ2n) is 5.34. The molecule has 2 amide bonds. The summed E-state index contributed by atoms with van der Waals surface area (Å²) in [6, 6.07) is -0.528. The third-order valence-corrected chi connectivity index (χ3v) is 2.57. The maximum atomic E-state index is 11.7. The van der Waals surface area contributed by atoms with E-state index in [0.717, 1.165) is 0 Å². The third kappa shape index (κ3) is 2.95. The number of nitrogens with one attached hydrogen (secondary N) is 1. The van der Waals surface area contributed by atoms with E-state index in [1.165, 1.54) is 4.90 Å². The highest BCUT2D eigenvalue weighted by Crippen LogP contribution is 2.14. The number of amides is 2. The van der Waals surface area contributed by atoms with Crippen molar-refractivity contribution >= 4 is 11.8 Å². The van der Waals surface area contributed by atoms with Gasteiger partial charge in [-0.3, -0.25) is 9.59 Å². The standard InChI is InChI=1S/C11H20N2O3/c1-7(12-10(16)11(2,3)4)9(15)13-5-8(14)6-13/h7-8,14H,5-6H2,1-4H3,(H,12,16). The summed E-state index contributed by atoms with van der Waals surface area (Å²) in [5.41, 5.74) is -0.497. The molecular formula is C11H20N2O3. The van der Waals surface area contributed by atoms with Crippen molar-refractivity contribution in [2.24, 2.45) is 5.41 Å². The van der Waals surface area contributed by atoms with Crippen LogP contribution in [-0.2, 0) is 9.59 Å². The Labute approximate surface area is 95.8 Å². The van der Waals surface area contributed by atoms with E-state index in [0.29, 0.717) is 13.1 Å². The molecule has 0 radical (unpaired) electrons. The first-order valence-electron chi connectivity index (χ1n) is 5.49. The van der Waals surface area contributed by atoms with Gasteiger partial charge >= 0.3 is 0 Å². The Bertz CT molecular complexity index is 290. The summed E-state index contributed by atoms with van der Waals surface area (Å²) in [4.78, 5) is 24.9. The van der Waals surface area contributed by atoms with Gasteiger partial charge < -0.3 is 15.3 Å². The first kappa shape index (κ1) is 13.0. The average molecular weight is 228 g/mol. The van der Waals surface area contributed by atoms with Crippen LogP contribution in [-0.4, -0.2) is 47.1 Å². The fraction of sp³-hybridized carbons (Fsp3) is 0.818. The fourth-order valence-corrected chi connectivity index (χ4v) is 1.38. The van der Waals surface area contributed by atoms with Gasteiger partial charge in [-0.25, -0.2) is 0 Å². The zero-order chi connectivity index (χ0) is 12.5. The number of rotatable bonds is 2. The maximum absolute atomic E-state index is 11.7. The predicted molar refractivity (Wildman–Crippen MR) is 59.6 cm³/mol. The first-order valence-corrected chi connectivity index (χ1v) is 5.49. The molecule has 0 aromatic heterocycles. The lowest BCUT2D eigenvalue weighted by molar-refractivity contribution is -0.145. The molecule has 1 unspecified atom stereocenters. The molecule has 1 rings (SSSR count). The first-order chi connectivity index (χ1) is 7.21. The van der Waals surface area contributed by atoms with Crippen molar-refractivity contribution in [3.8, 4) is 0 Å². The van der Waals surface area contributed by atoms with Crippen molar-refractivity contribution in [2.75, 3.05) is 13.1 Å².